The molecule has 0 spiro atoms. The van der Waals surface area contributed by atoms with Gasteiger partial charge in [0.15, 0.2) is 0 Å². The molecule has 0 N–H and O–H groups in total. The van der Waals surface area contributed by atoms with Crippen molar-refractivity contribution in [2.75, 3.05) is 26.2 Å². The monoisotopic (exact) mass is 322 g/mol. The smallest absolute Gasteiger partial charge is 0.228 e. The number of benzene rings is 1. The molecular formula is C18H27ClN2O. The van der Waals surface area contributed by atoms with Crippen LogP contribution in [0.15, 0.2) is 24.3 Å². The molecular weight excluding hydrogens is 296 g/mol. The lowest BCUT2D eigenvalue weighted by atomic mass is 9.88. The summed E-state index contributed by atoms with van der Waals surface area (Å²) in [5.41, 5.74) is 0.911. The van der Waals surface area contributed by atoms with Crippen LogP contribution in [0.3, 0.4) is 0 Å². The number of rotatable bonds is 4. The van der Waals surface area contributed by atoms with Crippen LogP contribution >= 0.6 is 11.6 Å². The van der Waals surface area contributed by atoms with Gasteiger partial charge in [0, 0.05) is 42.7 Å². The number of halogens is 1. The number of nitrogens with zero attached hydrogens (tertiary/aromatic N) is 2. The van der Waals surface area contributed by atoms with Gasteiger partial charge in [0.1, 0.15) is 0 Å². The summed E-state index contributed by atoms with van der Waals surface area (Å²) in [5.74, 6) is 0.278. The quantitative estimate of drug-likeness (QED) is 0.837. The van der Waals surface area contributed by atoms with Crippen molar-refractivity contribution < 1.29 is 4.79 Å². The zero-order valence-corrected chi connectivity index (χ0v) is 14.9. The van der Waals surface area contributed by atoms with Crippen LogP contribution in [0.1, 0.15) is 45.7 Å². The summed E-state index contributed by atoms with van der Waals surface area (Å²) in [6.45, 7) is 11.7. The highest BCUT2D eigenvalue weighted by Crippen LogP contribution is 2.29. The third kappa shape index (κ3) is 3.64. The van der Waals surface area contributed by atoms with Gasteiger partial charge in [-0.1, -0.05) is 50.6 Å². The van der Waals surface area contributed by atoms with E-state index in [4.69, 9.17) is 11.6 Å². The summed E-state index contributed by atoms with van der Waals surface area (Å²) in [6, 6.07) is 8.30. The Balaban J connectivity index is 1.98. The van der Waals surface area contributed by atoms with Crippen LogP contribution in [0, 0.1) is 5.41 Å². The van der Waals surface area contributed by atoms with Gasteiger partial charge in [-0.05, 0) is 25.0 Å². The summed E-state index contributed by atoms with van der Waals surface area (Å²) in [4.78, 5) is 17.0. The summed E-state index contributed by atoms with van der Waals surface area (Å²) in [6.07, 6.45) is 0.877. The van der Waals surface area contributed by atoms with Crippen molar-refractivity contribution in [2.24, 2.45) is 5.41 Å². The molecule has 1 amide bonds. The Hall–Kier alpha value is -1.06. The third-order valence-electron chi connectivity index (χ3n) is 4.97. The zero-order valence-electron chi connectivity index (χ0n) is 14.1. The molecule has 0 saturated carbocycles. The molecule has 0 aromatic heterocycles. The number of carbonyl (C=O) groups is 1. The van der Waals surface area contributed by atoms with Crippen LogP contribution in [0.2, 0.25) is 5.02 Å². The first-order chi connectivity index (χ1) is 10.4. The molecule has 1 aromatic carbocycles. The minimum Gasteiger partial charge on any atom is -0.340 e. The Morgan fingerprint density at radius 1 is 1.23 bits per heavy atom. The van der Waals surface area contributed by atoms with E-state index in [2.05, 4.69) is 24.8 Å². The topological polar surface area (TPSA) is 23.6 Å². The fourth-order valence-electron chi connectivity index (χ4n) is 2.90. The number of hydrogen-bond donors (Lipinski definition) is 0. The molecule has 3 nitrogen and oxygen atoms in total. The lowest BCUT2D eigenvalue weighted by molar-refractivity contribution is -0.142. The van der Waals surface area contributed by atoms with Gasteiger partial charge < -0.3 is 4.90 Å². The molecule has 22 heavy (non-hydrogen) atoms. The number of piperazine rings is 1. The van der Waals surface area contributed by atoms with Gasteiger partial charge >= 0.3 is 0 Å². The van der Waals surface area contributed by atoms with Crippen molar-refractivity contribution in [1.29, 1.82) is 0 Å². The zero-order chi connectivity index (χ0) is 16.3. The number of hydrogen-bond acceptors (Lipinski definition) is 2. The number of carbonyl (C=O) groups excluding carboxylic acids is 1. The fourth-order valence-corrected chi connectivity index (χ4v) is 3.20. The van der Waals surface area contributed by atoms with Crippen molar-refractivity contribution in [3.63, 3.8) is 0 Å². The van der Waals surface area contributed by atoms with Crippen molar-refractivity contribution in [2.45, 2.75) is 40.2 Å². The van der Waals surface area contributed by atoms with Crippen molar-refractivity contribution in [3.05, 3.63) is 34.9 Å². The summed E-state index contributed by atoms with van der Waals surface area (Å²) in [7, 11) is 0. The molecule has 0 bridgehead atoms. The van der Waals surface area contributed by atoms with Gasteiger partial charge in [-0.3, -0.25) is 9.69 Å². The van der Waals surface area contributed by atoms with Gasteiger partial charge in [0.05, 0.1) is 0 Å². The first kappa shape index (κ1) is 17.3. The summed E-state index contributed by atoms with van der Waals surface area (Å²) >= 11 is 6.30. The standard InChI is InChI=1S/C18H27ClN2O/c1-5-18(3,4)17(22)21-12-10-20(11-13-21)14(2)15-8-6-7-9-16(15)19/h6-9,14H,5,10-13H2,1-4H3. The molecule has 1 aliphatic rings. The molecule has 2 rings (SSSR count). The van der Waals surface area contributed by atoms with Crippen LogP contribution in [0.5, 0.6) is 0 Å². The van der Waals surface area contributed by atoms with Crippen LogP contribution in [0.4, 0.5) is 0 Å². The normalized spacial score (nSPS) is 18.3. The summed E-state index contributed by atoms with van der Waals surface area (Å²) < 4.78 is 0. The second kappa shape index (κ2) is 7.01. The highest BCUT2D eigenvalue weighted by Gasteiger charge is 2.33. The van der Waals surface area contributed by atoms with Crippen molar-refractivity contribution >= 4 is 17.5 Å². The van der Waals surface area contributed by atoms with Gasteiger partial charge in [-0.15, -0.1) is 0 Å². The molecule has 1 aliphatic heterocycles. The second-order valence-corrected chi connectivity index (χ2v) is 7.17. The van der Waals surface area contributed by atoms with Crippen molar-refractivity contribution in [3.8, 4) is 0 Å². The maximum atomic E-state index is 12.5. The molecule has 1 atom stereocenters. The van der Waals surface area contributed by atoms with Crippen LogP contribution in [0.25, 0.3) is 0 Å². The Kier molecular flexibility index (Phi) is 5.51. The van der Waals surface area contributed by atoms with Crippen LogP contribution in [-0.4, -0.2) is 41.9 Å². The fraction of sp³-hybridized carbons (Fsp3) is 0.611. The Labute approximate surface area is 139 Å². The first-order valence-electron chi connectivity index (χ1n) is 8.14. The predicted octanol–water partition coefficient (Wildman–Crippen LogP) is 3.98. The van der Waals surface area contributed by atoms with Crippen molar-refractivity contribution in [1.82, 2.24) is 9.80 Å². The largest absolute Gasteiger partial charge is 0.340 e. The molecule has 1 unspecified atom stereocenters. The molecule has 4 heteroatoms. The van der Waals surface area contributed by atoms with E-state index < -0.39 is 0 Å². The minimum atomic E-state index is -0.253. The maximum absolute atomic E-state index is 12.5. The van der Waals surface area contributed by atoms with E-state index in [-0.39, 0.29) is 17.4 Å². The molecule has 1 saturated heterocycles. The average Bonchev–Trinajstić information content (AvgIpc) is 2.54. The highest BCUT2D eigenvalue weighted by molar-refractivity contribution is 6.31. The lowest BCUT2D eigenvalue weighted by Gasteiger charge is -2.41. The third-order valence-corrected chi connectivity index (χ3v) is 5.31. The Morgan fingerprint density at radius 3 is 2.36 bits per heavy atom. The van der Waals surface area contributed by atoms with Crippen LogP contribution in [-0.2, 0) is 4.79 Å². The molecule has 1 aromatic rings. The maximum Gasteiger partial charge on any atom is 0.228 e. The van der Waals surface area contributed by atoms with E-state index in [1.807, 2.05) is 36.9 Å². The van der Waals surface area contributed by atoms with E-state index in [0.717, 1.165) is 43.2 Å². The van der Waals surface area contributed by atoms with Gasteiger partial charge in [-0.25, -0.2) is 0 Å². The van der Waals surface area contributed by atoms with E-state index in [0.29, 0.717) is 0 Å². The van der Waals surface area contributed by atoms with Gasteiger partial charge in [-0.2, -0.15) is 0 Å². The SMILES string of the molecule is CCC(C)(C)C(=O)N1CCN(C(C)c2ccccc2Cl)CC1. The summed E-state index contributed by atoms with van der Waals surface area (Å²) in [5, 5.41) is 0.820. The van der Waals surface area contributed by atoms with E-state index in [1.165, 1.54) is 0 Å². The Bertz CT molecular complexity index is 522. The van der Waals surface area contributed by atoms with E-state index >= 15 is 0 Å². The minimum absolute atomic E-state index is 0.253. The molecule has 1 heterocycles. The van der Waals surface area contributed by atoms with E-state index in [9.17, 15) is 4.79 Å². The second-order valence-electron chi connectivity index (χ2n) is 6.76. The highest BCUT2D eigenvalue weighted by atomic mass is 35.5. The van der Waals surface area contributed by atoms with E-state index in [1.54, 1.807) is 0 Å². The lowest BCUT2D eigenvalue weighted by Crippen LogP contribution is -2.52. The Morgan fingerprint density at radius 2 is 1.82 bits per heavy atom. The first-order valence-corrected chi connectivity index (χ1v) is 8.52. The van der Waals surface area contributed by atoms with Gasteiger partial charge in [0.2, 0.25) is 5.91 Å². The molecule has 122 valence electrons. The average molecular weight is 323 g/mol. The molecule has 0 aliphatic carbocycles. The molecule has 0 radical (unpaired) electrons. The van der Waals surface area contributed by atoms with Gasteiger partial charge in [0.25, 0.3) is 0 Å². The predicted molar refractivity (Wildman–Crippen MR) is 92.1 cm³/mol. The number of amides is 1. The molecule has 1 fully saturated rings. The van der Waals surface area contributed by atoms with Crippen LogP contribution < -0.4 is 0 Å².